The molecular formula is C16H16BrN3S. The number of hydrogen-bond donors (Lipinski definition) is 1. The van der Waals surface area contributed by atoms with Crippen molar-refractivity contribution in [3.8, 4) is 0 Å². The van der Waals surface area contributed by atoms with Crippen LogP contribution in [0.5, 0.6) is 0 Å². The van der Waals surface area contributed by atoms with E-state index in [1.54, 1.807) is 11.3 Å². The molecule has 0 aliphatic heterocycles. The summed E-state index contributed by atoms with van der Waals surface area (Å²) in [5.74, 6) is 0. The Labute approximate surface area is 136 Å². The summed E-state index contributed by atoms with van der Waals surface area (Å²) >= 11 is 5.31. The summed E-state index contributed by atoms with van der Waals surface area (Å²) in [7, 11) is 4.08. The van der Waals surface area contributed by atoms with Gasteiger partial charge in [-0.3, -0.25) is 0 Å². The molecule has 0 amide bonds. The molecule has 0 saturated heterocycles. The minimum Gasteiger partial charge on any atom is -0.377 e. The van der Waals surface area contributed by atoms with Gasteiger partial charge in [0.05, 0.1) is 15.9 Å². The van der Waals surface area contributed by atoms with Crippen molar-refractivity contribution in [3.05, 3.63) is 52.5 Å². The van der Waals surface area contributed by atoms with E-state index < -0.39 is 0 Å². The van der Waals surface area contributed by atoms with Gasteiger partial charge in [-0.15, -0.1) is 0 Å². The van der Waals surface area contributed by atoms with Crippen LogP contribution in [0.1, 0.15) is 5.56 Å². The predicted molar refractivity (Wildman–Crippen MR) is 95.4 cm³/mol. The minimum atomic E-state index is 0.770. The second-order valence-corrected chi connectivity index (χ2v) is 6.91. The highest BCUT2D eigenvalue weighted by atomic mass is 79.9. The molecule has 3 aromatic rings. The maximum Gasteiger partial charge on any atom is 0.184 e. The maximum absolute atomic E-state index is 4.58. The molecule has 0 fully saturated rings. The van der Waals surface area contributed by atoms with E-state index in [2.05, 4.69) is 55.4 Å². The number of para-hydroxylation sites is 1. The lowest BCUT2D eigenvalue weighted by Gasteiger charge is -2.15. The number of benzene rings is 2. The van der Waals surface area contributed by atoms with Crippen molar-refractivity contribution in [3.63, 3.8) is 0 Å². The molecule has 1 heterocycles. The Bertz CT molecular complexity index is 734. The highest BCUT2D eigenvalue weighted by molar-refractivity contribution is 9.10. The van der Waals surface area contributed by atoms with Gasteiger partial charge in [-0.2, -0.15) is 0 Å². The SMILES string of the molecule is CN(C)c1ccc(CNc2nc3ccccc3s2)cc1Br. The Morgan fingerprint density at radius 1 is 1.19 bits per heavy atom. The molecule has 1 N–H and O–H groups in total. The van der Waals surface area contributed by atoms with Gasteiger partial charge in [-0.1, -0.05) is 29.5 Å². The zero-order valence-electron chi connectivity index (χ0n) is 11.9. The number of fused-ring (bicyclic) bond motifs is 1. The molecule has 108 valence electrons. The molecule has 0 aliphatic carbocycles. The Morgan fingerprint density at radius 3 is 2.71 bits per heavy atom. The van der Waals surface area contributed by atoms with Crippen LogP contribution in [0.25, 0.3) is 10.2 Å². The van der Waals surface area contributed by atoms with Crippen molar-refractivity contribution in [2.45, 2.75) is 6.54 Å². The van der Waals surface area contributed by atoms with E-state index >= 15 is 0 Å². The van der Waals surface area contributed by atoms with Crippen molar-refractivity contribution >= 4 is 48.3 Å². The third kappa shape index (κ3) is 3.19. The van der Waals surface area contributed by atoms with E-state index in [1.807, 2.05) is 32.3 Å². The van der Waals surface area contributed by atoms with Crippen LogP contribution in [0.4, 0.5) is 10.8 Å². The summed E-state index contributed by atoms with van der Waals surface area (Å²) in [6.07, 6.45) is 0. The van der Waals surface area contributed by atoms with Gasteiger partial charge in [0.15, 0.2) is 5.13 Å². The van der Waals surface area contributed by atoms with Crippen LogP contribution in [0.2, 0.25) is 0 Å². The number of anilines is 2. The predicted octanol–water partition coefficient (Wildman–Crippen LogP) is 4.74. The van der Waals surface area contributed by atoms with Gasteiger partial charge < -0.3 is 10.2 Å². The third-order valence-corrected chi connectivity index (χ3v) is 4.86. The van der Waals surface area contributed by atoms with E-state index in [4.69, 9.17) is 0 Å². The van der Waals surface area contributed by atoms with Gasteiger partial charge in [-0.25, -0.2) is 4.98 Å². The van der Waals surface area contributed by atoms with Crippen LogP contribution in [0.3, 0.4) is 0 Å². The highest BCUT2D eigenvalue weighted by Gasteiger charge is 2.05. The summed E-state index contributed by atoms with van der Waals surface area (Å²) < 4.78 is 2.32. The van der Waals surface area contributed by atoms with Gasteiger partial charge in [0.2, 0.25) is 0 Å². The highest BCUT2D eigenvalue weighted by Crippen LogP contribution is 2.28. The molecule has 0 unspecified atom stereocenters. The van der Waals surface area contributed by atoms with E-state index in [0.29, 0.717) is 0 Å². The number of thiazole rings is 1. The molecule has 0 atom stereocenters. The standard InChI is InChI=1S/C16H16BrN3S/c1-20(2)14-8-7-11(9-12(14)17)10-18-16-19-13-5-3-4-6-15(13)21-16/h3-9H,10H2,1-2H3,(H,18,19). The Morgan fingerprint density at radius 2 is 2.00 bits per heavy atom. The Hall–Kier alpha value is -1.59. The molecule has 3 rings (SSSR count). The van der Waals surface area contributed by atoms with Gasteiger partial charge in [0.1, 0.15) is 0 Å². The van der Waals surface area contributed by atoms with Gasteiger partial charge in [-0.05, 0) is 45.8 Å². The lowest BCUT2D eigenvalue weighted by Crippen LogP contribution is -2.09. The monoisotopic (exact) mass is 361 g/mol. The fraction of sp³-hybridized carbons (Fsp3) is 0.188. The smallest absolute Gasteiger partial charge is 0.184 e. The van der Waals surface area contributed by atoms with E-state index in [-0.39, 0.29) is 0 Å². The molecule has 0 bridgehead atoms. The van der Waals surface area contributed by atoms with Crippen molar-refractivity contribution in [2.75, 3.05) is 24.3 Å². The average molecular weight is 362 g/mol. The molecular weight excluding hydrogens is 346 g/mol. The van der Waals surface area contributed by atoms with Crippen molar-refractivity contribution in [2.24, 2.45) is 0 Å². The molecule has 0 saturated carbocycles. The molecule has 0 spiro atoms. The lowest BCUT2D eigenvalue weighted by atomic mass is 10.2. The van der Waals surface area contributed by atoms with Gasteiger partial charge >= 0.3 is 0 Å². The molecule has 3 nitrogen and oxygen atoms in total. The summed E-state index contributed by atoms with van der Waals surface area (Å²) in [4.78, 5) is 6.68. The molecule has 5 heteroatoms. The zero-order chi connectivity index (χ0) is 14.8. The second-order valence-electron chi connectivity index (χ2n) is 5.02. The Kier molecular flexibility index (Phi) is 4.12. The van der Waals surface area contributed by atoms with Crippen LogP contribution < -0.4 is 10.2 Å². The second kappa shape index (κ2) is 6.03. The number of nitrogens with one attached hydrogen (secondary N) is 1. The normalized spacial score (nSPS) is 10.8. The average Bonchev–Trinajstić information content (AvgIpc) is 2.87. The van der Waals surface area contributed by atoms with E-state index in [0.717, 1.165) is 21.7 Å². The first kappa shape index (κ1) is 14.4. The number of aromatic nitrogens is 1. The minimum absolute atomic E-state index is 0.770. The maximum atomic E-state index is 4.58. The topological polar surface area (TPSA) is 28.2 Å². The summed E-state index contributed by atoms with van der Waals surface area (Å²) in [6.45, 7) is 0.770. The lowest BCUT2D eigenvalue weighted by molar-refractivity contribution is 1.10. The number of rotatable bonds is 4. The Balaban J connectivity index is 1.74. The summed E-state index contributed by atoms with van der Waals surface area (Å²) in [5.41, 5.74) is 3.46. The molecule has 1 aromatic heterocycles. The van der Waals surface area contributed by atoms with Crippen molar-refractivity contribution < 1.29 is 0 Å². The number of nitrogens with zero attached hydrogens (tertiary/aromatic N) is 2. The summed E-state index contributed by atoms with van der Waals surface area (Å²) in [6, 6.07) is 14.6. The van der Waals surface area contributed by atoms with Crippen LogP contribution in [0.15, 0.2) is 46.9 Å². The quantitative estimate of drug-likeness (QED) is 0.727. The van der Waals surface area contributed by atoms with Crippen LogP contribution in [-0.4, -0.2) is 19.1 Å². The third-order valence-electron chi connectivity index (χ3n) is 3.23. The molecule has 0 aliphatic rings. The van der Waals surface area contributed by atoms with Crippen LogP contribution >= 0.6 is 27.3 Å². The first-order valence-electron chi connectivity index (χ1n) is 6.68. The fourth-order valence-electron chi connectivity index (χ4n) is 2.15. The fourth-order valence-corrected chi connectivity index (χ4v) is 3.79. The molecule has 0 radical (unpaired) electrons. The van der Waals surface area contributed by atoms with Crippen molar-refractivity contribution in [1.82, 2.24) is 4.98 Å². The molecule has 21 heavy (non-hydrogen) atoms. The first-order valence-corrected chi connectivity index (χ1v) is 8.29. The van der Waals surface area contributed by atoms with Crippen molar-refractivity contribution in [1.29, 1.82) is 0 Å². The first-order chi connectivity index (χ1) is 10.1. The number of hydrogen-bond acceptors (Lipinski definition) is 4. The number of halogens is 1. The molecule has 2 aromatic carbocycles. The van der Waals surface area contributed by atoms with Crippen LogP contribution in [-0.2, 0) is 6.54 Å². The van der Waals surface area contributed by atoms with E-state index in [1.165, 1.54) is 16.0 Å². The van der Waals surface area contributed by atoms with E-state index in [9.17, 15) is 0 Å². The van der Waals surface area contributed by atoms with Gasteiger partial charge in [0, 0.05) is 25.1 Å². The van der Waals surface area contributed by atoms with Gasteiger partial charge in [0.25, 0.3) is 0 Å². The zero-order valence-corrected chi connectivity index (χ0v) is 14.3. The largest absolute Gasteiger partial charge is 0.377 e. The van der Waals surface area contributed by atoms with Crippen LogP contribution in [0, 0.1) is 0 Å². The summed E-state index contributed by atoms with van der Waals surface area (Å²) in [5, 5.41) is 4.36.